The second-order valence-electron chi connectivity index (χ2n) is 6.42. The van der Waals surface area contributed by atoms with Crippen molar-refractivity contribution >= 4 is 17.5 Å². The molecular weight excluding hydrogens is 338 g/mol. The first-order valence-electron chi connectivity index (χ1n) is 8.47. The van der Waals surface area contributed by atoms with Crippen LogP contribution in [0.3, 0.4) is 0 Å². The van der Waals surface area contributed by atoms with E-state index in [-0.39, 0.29) is 11.9 Å². The molecule has 0 N–H and O–H groups in total. The summed E-state index contributed by atoms with van der Waals surface area (Å²) in [5, 5.41) is 8.74. The van der Waals surface area contributed by atoms with Crippen molar-refractivity contribution in [3.05, 3.63) is 58.4 Å². The molecule has 1 amide bonds. The fraction of sp³-hybridized carbons (Fsp3) is 0.421. The molecule has 1 saturated heterocycles. The van der Waals surface area contributed by atoms with Crippen LogP contribution in [0.4, 0.5) is 0 Å². The van der Waals surface area contributed by atoms with E-state index < -0.39 is 0 Å². The van der Waals surface area contributed by atoms with E-state index in [4.69, 9.17) is 16.3 Å². The highest BCUT2D eigenvalue weighted by Crippen LogP contribution is 2.35. The number of halogens is 1. The molecule has 0 radical (unpaired) electrons. The summed E-state index contributed by atoms with van der Waals surface area (Å²) in [4.78, 5) is 14.7. The molecular formula is C19H22ClN3O2. The summed E-state index contributed by atoms with van der Waals surface area (Å²) < 4.78 is 5.50. The van der Waals surface area contributed by atoms with Gasteiger partial charge in [-0.15, -0.1) is 5.10 Å². The first-order chi connectivity index (χ1) is 12.1. The monoisotopic (exact) mass is 359 g/mol. The third-order valence-corrected chi connectivity index (χ3v) is 4.93. The molecule has 1 aliphatic rings. The summed E-state index contributed by atoms with van der Waals surface area (Å²) in [5.41, 5.74) is 2.23. The average Bonchev–Trinajstić information content (AvgIpc) is 2.64. The molecule has 1 aromatic carbocycles. The fourth-order valence-electron chi connectivity index (χ4n) is 3.32. The van der Waals surface area contributed by atoms with E-state index in [2.05, 4.69) is 10.2 Å². The molecule has 0 saturated carbocycles. The molecule has 1 atom stereocenters. The predicted octanol–water partition coefficient (Wildman–Crippen LogP) is 3.68. The number of carbonyl (C=O) groups excluding carboxylic acids is 1. The Morgan fingerprint density at radius 1 is 1.16 bits per heavy atom. The number of amides is 1. The van der Waals surface area contributed by atoms with Crippen molar-refractivity contribution in [2.24, 2.45) is 5.92 Å². The molecule has 0 unspecified atom stereocenters. The van der Waals surface area contributed by atoms with Crippen molar-refractivity contribution in [1.29, 1.82) is 0 Å². The van der Waals surface area contributed by atoms with Gasteiger partial charge in [0.25, 0.3) is 5.91 Å². The normalized spacial score (nSPS) is 16.4. The third-order valence-electron chi connectivity index (χ3n) is 4.68. The Balaban J connectivity index is 1.90. The summed E-state index contributed by atoms with van der Waals surface area (Å²) >= 11 is 6.04. The predicted molar refractivity (Wildman–Crippen MR) is 96.6 cm³/mol. The van der Waals surface area contributed by atoms with E-state index in [1.54, 1.807) is 17.0 Å². The second kappa shape index (κ2) is 7.93. The van der Waals surface area contributed by atoms with E-state index >= 15 is 0 Å². The molecule has 0 spiro atoms. The Hall–Kier alpha value is -1.98. The lowest BCUT2D eigenvalue weighted by Gasteiger charge is -2.37. The number of benzene rings is 1. The van der Waals surface area contributed by atoms with Crippen LogP contribution in [0.15, 0.2) is 36.4 Å². The van der Waals surface area contributed by atoms with Gasteiger partial charge in [0.2, 0.25) is 0 Å². The maximum absolute atomic E-state index is 12.9. The van der Waals surface area contributed by atoms with Crippen LogP contribution >= 0.6 is 11.6 Å². The SMILES string of the molecule is Cc1ccc(C(=O)N(C)[C@@H](c2ccc(Cl)cc2)C2CCOCC2)nn1. The van der Waals surface area contributed by atoms with E-state index in [1.807, 2.05) is 38.2 Å². The topological polar surface area (TPSA) is 55.3 Å². The van der Waals surface area contributed by atoms with Gasteiger partial charge < -0.3 is 9.64 Å². The first-order valence-corrected chi connectivity index (χ1v) is 8.85. The second-order valence-corrected chi connectivity index (χ2v) is 6.86. The van der Waals surface area contributed by atoms with Crippen molar-refractivity contribution in [3.8, 4) is 0 Å². The van der Waals surface area contributed by atoms with Crippen LogP contribution in [0.5, 0.6) is 0 Å². The lowest BCUT2D eigenvalue weighted by atomic mass is 9.86. The average molecular weight is 360 g/mol. The molecule has 2 heterocycles. The molecule has 5 nitrogen and oxygen atoms in total. The fourth-order valence-corrected chi connectivity index (χ4v) is 3.45. The van der Waals surface area contributed by atoms with Crippen molar-refractivity contribution < 1.29 is 9.53 Å². The summed E-state index contributed by atoms with van der Waals surface area (Å²) in [6.07, 6.45) is 1.84. The summed E-state index contributed by atoms with van der Waals surface area (Å²) in [5.74, 6) is 0.209. The van der Waals surface area contributed by atoms with Crippen molar-refractivity contribution in [2.45, 2.75) is 25.8 Å². The summed E-state index contributed by atoms with van der Waals surface area (Å²) in [6.45, 7) is 3.30. The zero-order valence-electron chi connectivity index (χ0n) is 14.5. The number of hydrogen-bond acceptors (Lipinski definition) is 4. The Morgan fingerprint density at radius 3 is 2.44 bits per heavy atom. The van der Waals surface area contributed by atoms with Crippen LogP contribution in [0.1, 0.15) is 40.6 Å². The zero-order chi connectivity index (χ0) is 17.8. The van der Waals surface area contributed by atoms with Crippen LogP contribution in [0, 0.1) is 12.8 Å². The Labute approximate surface area is 153 Å². The molecule has 2 aromatic rings. The van der Waals surface area contributed by atoms with Gasteiger partial charge in [-0.1, -0.05) is 23.7 Å². The number of hydrogen-bond donors (Lipinski definition) is 0. The molecule has 1 aliphatic heterocycles. The number of aromatic nitrogens is 2. The van der Waals surface area contributed by atoms with Crippen LogP contribution < -0.4 is 0 Å². The molecule has 132 valence electrons. The summed E-state index contributed by atoms with van der Waals surface area (Å²) in [6, 6.07) is 11.2. The quantitative estimate of drug-likeness (QED) is 0.835. The molecule has 0 aliphatic carbocycles. The van der Waals surface area contributed by atoms with Gasteiger partial charge in [-0.25, -0.2) is 0 Å². The molecule has 6 heteroatoms. The van der Waals surface area contributed by atoms with Crippen LogP contribution in [0.2, 0.25) is 5.02 Å². The standard InChI is InChI=1S/C19H22ClN3O2/c1-13-3-8-17(22-21-13)19(24)23(2)18(15-9-11-25-12-10-15)14-4-6-16(20)7-5-14/h3-8,15,18H,9-12H2,1-2H3/t18-/m0/s1. The van der Waals surface area contributed by atoms with Gasteiger partial charge in [0.05, 0.1) is 11.7 Å². The molecule has 25 heavy (non-hydrogen) atoms. The number of rotatable bonds is 4. The number of nitrogens with zero attached hydrogens (tertiary/aromatic N) is 3. The van der Waals surface area contributed by atoms with Crippen LogP contribution in [-0.2, 0) is 4.74 Å². The minimum Gasteiger partial charge on any atom is -0.381 e. The lowest BCUT2D eigenvalue weighted by molar-refractivity contribution is 0.0277. The largest absolute Gasteiger partial charge is 0.381 e. The van der Waals surface area contributed by atoms with Gasteiger partial charge in [0, 0.05) is 25.3 Å². The van der Waals surface area contributed by atoms with Gasteiger partial charge in [-0.3, -0.25) is 4.79 Å². The van der Waals surface area contributed by atoms with Crippen LogP contribution in [-0.4, -0.2) is 41.3 Å². The minimum absolute atomic E-state index is 0.0447. The Morgan fingerprint density at radius 2 is 1.84 bits per heavy atom. The van der Waals surface area contributed by atoms with Crippen molar-refractivity contribution in [3.63, 3.8) is 0 Å². The highest BCUT2D eigenvalue weighted by Gasteiger charge is 2.32. The number of ether oxygens (including phenoxy) is 1. The van der Waals surface area contributed by atoms with Gasteiger partial charge in [0.1, 0.15) is 0 Å². The smallest absolute Gasteiger partial charge is 0.274 e. The van der Waals surface area contributed by atoms with E-state index in [0.717, 1.165) is 37.3 Å². The van der Waals surface area contributed by atoms with E-state index in [9.17, 15) is 4.79 Å². The van der Waals surface area contributed by atoms with Crippen molar-refractivity contribution in [1.82, 2.24) is 15.1 Å². The van der Waals surface area contributed by atoms with Gasteiger partial charge in [-0.2, -0.15) is 5.10 Å². The Bertz CT molecular complexity index is 712. The van der Waals surface area contributed by atoms with E-state index in [0.29, 0.717) is 16.6 Å². The third kappa shape index (κ3) is 4.17. The lowest BCUT2D eigenvalue weighted by Crippen LogP contribution is -2.38. The zero-order valence-corrected chi connectivity index (χ0v) is 15.2. The van der Waals surface area contributed by atoms with Gasteiger partial charge in [0.15, 0.2) is 5.69 Å². The number of aryl methyl sites for hydroxylation is 1. The maximum Gasteiger partial charge on any atom is 0.274 e. The molecule has 1 fully saturated rings. The molecule has 0 bridgehead atoms. The highest BCUT2D eigenvalue weighted by molar-refractivity contribution is 6.30. The van der Waals surface area contributed by atoms with E-state index in [1.165, 1.54) is 0 Å². The maximum atomic E-state index is 12.9. The first kappa shape index (κ1) is 17.8. The van der Waals surface area contributed by atoms with Crippen LogP contribution in [0.25, 0.3) is 0 Å². The summed E-state index contributed by atoms with van der Waals surface area (Å²) in [7, 11) is 1.83. The van der Waals surface area contributed by atoms with Gasteiger partial charge >= 0.3 is 0 Å². The molecule has 3 rings (SSSR count). The minimum atomic E-state index is -0.126. The molecule has 1 aromatic heterocycles. The van der Waals surface area contributed by atoms with Gasteiger partial charge in [-0.05, 0) is 55.5 Å². The Kier molecular flexibility index (Phi) is 5.66. The highest BCUT2D eigenvalue weighted by atomic mass is 35.5. The number of carbonyl (C=O) groups is 1. The van der Waals surface area contributed by atoms with Crippen molar-refractivity contribution in [2.75, 3.05) is 20.3 Å².